The number of H-pyrrole nitrogens is 1. The SMILES string of the molecule is c1cc(CNCCCC2CCCC2)[nH]n1. The molecule has 1 aromatic rings. The Bertz CT molecular complexity index is 250. The monoisotopic (exact) mass is 207 g/mol. The van der Waals surface area contributed by atoms with E-state index in [1.165, 1.54) is 44.2 Å². The summed E-state index contributed by atoms with van der Waals surface area (Å²) in [6, 6.07) is 2.02. The third-order valence-electron chi connectivity index (χ3n) is 3.31. The molecule has 0 aliphatic heterocycles. The number of nitrogens with one attached hydrogen (secondary N) is 2. The van der Waals surface area contributed by atoms with Gasteiger partial charge in [0.1, 0.15) is 0 Å². The van der Waals surface area contributed by atoms with Crippen LogP contribution >= 0.6 is 0 Å². The van der Waals surface area contributed by atoms with Gasteiger partial charge >= 0.3 is 0 Å². The van der Waals surface area contributed by atoms with Crippen molar-refractivity contribution in [1.82, 2.24) is 15.5 Å². The molecule has 0 bridgehead atoms. The average Bonchev–Trinajstić information content (AvgIpc) is 2.88. The molecule has 3 heteroatoms. The predicted molar refractivity (Wildman–Crippen MR) is 61.5 cm³/mol. The molecule has 3 nitrogen and oxygen atoms in total. The first kappa shape index (κ1) is 10.7. The van der Waals surface area contributed by atoms with Crippen LogP contribution in [0.3, 0.4) is 0 Å². The molecule has 1 aromatic heterocycles. The minimum Gasteiger partial charge on any atom is -0.311 e. The first-order chi connectivity index (χ1) is 7.45. The van der Waals surface area contributed by atoms with E-state index in [1.54, 1.807) is 6.20 Å². The molecule has 0 unspecified atom stereocenters. The van der Waals surface area contributed by atoms with Crippen LogP contribution in [0.15, 0.2) is 12.3 Å². The lowest BCUT2D eigenvalue weighted by Gasteiger charge is -2.08. The third-order valence-corrected chi connectivity index (χ3v) is 3.31. The fourth-order valence-electron chi connectivity index (χ4n) is 2.42. The molecule has 84 valence electrons. The Morgan fingerprint density at radius 1 is 1.40 bits per heavy atom. The summed E-state index contributed by atoms with van der Waals surface area (Å²) in [6.45, 7) is 2.06. The normalized spacial score (nSPS) is 17.3. The van der Waals surface area contributed by atoms with Crippen LogP contribution in [0.1, 0.15) is 44.2 Å². The number of nitrogens with zero attached hydrogens (tertiary/aromatic N) is 1. The Labute approximate surface area is 91.7 Å². The fraction of sp³-hybridized carbons (Fsp3) is 0.750. The maximum absolute atomic E-state index is 3.92. The van der Waals surface area contributed by atoms with Gasteiger partial charge in [-0.05, 0) is 31.4 Å². The minimum atomic E-state index is 0.921. The molecule has 1 heterocycles. The van der Waals surface area contributed by atoms with E-state index in [0.29, 0.717) is 0 Å². The fourth-order valence-corrected chi connectivity index (χ4v) is 2.42. The summed E-state index contributed by atoms with van der Waals surface area (Å²) in [4.78, 5) is 0. The van der Waals surface area contributed by atoms with Gasteiger partial charge in [-0.25, -0.2) is 0 Å². The second kappa shape index (κ2) is 5.91. The van der Waals surface area contributed by atoms with Gasteiger partial charge in [0, 0.05) is 18.4 Å². The number of aromatic nitrogens is 2. The highest BCUT2D eigenvalue weighted by Crippen LogP contribution is 2.28. The molecule has 1 aliphatic rings. The lowest BCUT2D eigenvalue weighted by molar-refractivity contribution is 0.469. The lowest BCUT2D eigenvalue weighted by Crippen LogP contribution is -2.15. The minimum absolute atomic E-state index is 0.921. The van der Waals surface area contributed by atoms with Gasteiger partial charge in [0.2, 0.25) is 0 Å². The number of hydrogen-bond donors (Lipinski definition) is 2. The Balaban J connectivity index is 1.48. The Morgan fingerprint density at radius 3 is 3.00 bits per heavy atom. The molecule has 0 aromatic carbocycles. The van der Waals surface area contributed by atoms with Gasteiger partial charge in [-0.1, -0.05) is 25.7 Å². The molecule has 0 saturated heterocycles. The Morgan fingerprint density at radius 2 is 2.27 bits per heavy atom. The van der Waals surface area contributed by atoms with E-state index in [1.807, 2.05) is 6.07 Å². The number of rotatable bonds is 6. The highest BCUT2D eigenvalue weighted by Gasteiger charge is 2.13. The summed E-state index contributed by atoms with van der Waals surface area (Å²) in [5, 5.41) is 10.3. The smallest absolute Gasteiger partial charge is 0.0490 e. The second-order valence-electron chi connectivity index (χ2n) is 4.55. The van der Waals surface area contributed by atoms with E-state index in [2.05, 4.69) is 15.5 Å². The van der Waals surface area contributed by atoms with Gasteiger partial charge in [-0.3, -0.25) is 5.10 Å². The van der Waals surface area contributed by atoms with Crippen molar-refractivity contribution in [3.63, 3.8) is 0 Å². The maximum Gasteiger partial charge on any atom is 0.0490 e. The molecule has 0 amide bonds. The van der Waals surface area contributed by atoms with Crippen molar-refractivity contribution in [3.8, 4) is 0 Å². The van der Waals surface area contributed by atoms with Gasteiger partial charge in [0.15, 0.2) is 0 Å². The van der Waals surface area contributed by atoms with E-state index in [-0.39, 0.29) is 0 Å². The molecule has 15 heavy (non-hydrogen) atoms. The molecular formula is C12H21N3. The molecule has 0 atom stereocenters. The van der Waals surface area contributed by atoms with E-state index in [0.717, 1.165) is 19.0 Å². The van der Waals surface area contributed by atoms with Crippen molar-refractivity contribution < 1.29 is 0 Å². The zero-order valence-corrected chi connectivity index (χ0v) is 9.34. The lowest BCUT2D eigenvalue weighted by atomic mass is 10.0. The van der Waals surface area contributed by atoms with E-state index >= 15 is 0 Å². The van der Waals surface area contributed by atoms with Crippen molar-refractivity contribution in [2.75, 3.05) is 6.54 Å². The topological polar surface area (TPSA) is 40.7 Å². The molecule has 2 N–H and O–H groups in total. The number of aromatic amines is 1. The summed E-state index contributed by atoms with van der Waals surface area (Å²) >= 11 is 0. The summed E-state index contributed by atoms with van der Waals surface area (Å²) in [5.41, 5.74) is 1.18. The summed E-state index contributed by atoms with van der Waals surface area (Å²) < 4.78 is 0. The van der Waals surface area contributed by atoms with Crippen molar-refractivity contribution >= 4 is 0 Å². The molecule has 0 radical (unpaired) electrons. The second-order valence-corrected chi connectivity index (χ2v) is 4.55. The maximum atomic E-state index is 3.92. The zero-order valence-electron chi connectivity index (χ0n) is 9.34. The van der Waals surface area contributed by atoms with Crippen LogP contribution in [0.5, 0.6) is 0 Å². The van der Waals surface area contributed by atoms with Crippen LogP contribution in [0.2, 0.25) is 0 Å². The zero-order chi connectivity index (χ0) is 10.3. The van der Waals surface area contributed by atoms with Gasteiger partial charge in [-0.15, -0.1) is 0 Å². The van der Waals surface area contributed by atoms with Crippen LogP contribution < -0.4 is 5.32 Å². The van der Waals surface area contributed by atoms with Crippen LogP contribution in [0.25, 0.3) is 0 Å². The first-order valence-electron chi connectivity index (χ1n) is 6.14. The molecule has 1 aliphatic carbocycles. The van der Waals surface area contributed by atoms with E-state index < -0.39 is 0 Å². The van der Waals surface area contributed by atoms with Crippen molar-refractivity contribution in [3.05, 3.63) is 18.0 Å². The highest BCUT2D eigenvalue weighted by molar-refractivity contribution is 4.96. The van der Waals surface area contributed by atoms with E-state index in [4.69, 9.17) is 0 Å². The highest BCUT2D eigenvalue weighted by atomic mass is 15.1. The van der Waals surface area contributed by atoms with E-state index in [9.17, 15) is 0 Å². The third kappa shape index (κ3) is 3.67. The quantitative estimate of drug-likeness (QED) is 0.703. The predicted octanol–water partition coefficient (Wildman–Crippen LogP) is 2.47. The van der Waals surface area contributed by atoms with Gasteiger partial charge < -0.3 is 5.32 Å². The van der Waals surface area contributed by atoms with Gasteiger partial charge in [0.05, 0.1) is 0 Å². The molecule has 1 fully saturated rings. The summed E-state index contributed by atoms with van der Waals surface area (Å²) in [6.07, 6.45) is 10.4. The van der Waals surface area contributed by atoms with Crippen LogP contribution in [0.4, 0.5) is 0 Å². The molecule has 0 spiro atoms. The van der Waals surface area contributed by atoms with Crippen molar-refractivity contribution in [2.45, 2.75) is 45.1 Å². The summed E-state index contributed by atoms with van der Waals surface area (Å²) in [5.74, 6) is 1.03. The standard InChI is InChI=1S/C12H21N3/c1-2-5-11(4-1)6-3-8-13-10-12-7-9-14-15-12/h7,9,11,13H,1-6,8,10H2,(H,14,15). The average molecular weight is 207 g/mol. The van der Waals surface area contributed by atoms with Crippen molar-refractivity contribution in [2.24, 2.45) is 5.92 Å². The van der Waals surface area contributed by atoms with Gasteiger partial charge in [0.25, 0.3) is 0 Å². The molecule has 1 saturated carbocycles. The van der Waals surface area contributed by atoms with Crippen LogP contribution in [0, 0.1) is 5.92 Å². The Hall–Kier alpha value is -0.830. The van der Waals surface area contributed by atoms with Crippen molar-refractivity contribution in [1.29, 1.82) is 0 Å². The Kier molecular flexibility index (Phi) is 4.21. The summed E-state index contributed by atoms with van der Waals surface area (Å²) in [7, 11) is 0. The first-order valence-corrected chi connectivity index (χ1v) is 6.14. The number of hydrogen-bond acceptors (Lipinski definition) is 2. The molecular weight excluding hydrogens is 186 g/mol. The molecule has 2 rings (SSSR count). The largest absolute Gasteiger partial charge is 0.311 e. The van der Waals surface area contributed by atoms with Crippen LogP contribution in [-0.4, -0.2) is 16.7 Å². The van der Waals surface area contributed by atoms with Crippen LogP contribution in [-0.2, 0) is 6.54 Å². The van der Waals surface area contributed by atoms with Gasteiger partial charge in [-0.2, -0.15) is 5.10 Å².